The number of fused-ring (bicyclic) bond motifs is 2. The predicted molar refractivity (Wildman–Crippen MR) is 103 cm³/mol. The van der Waals surface area contributed by atoms with Crippen LogP contribution >= 0.6 is 0 Å². The lowest BCUT2D eigenvalue weighted by molar-refractivity contribution is -0.121. The van der Waals surface area contributed by atoms with Gasteiger partial charge in [-0.2, -0.15) is 0 Å². The van der Waals surface area contributed by atoms with E-state index in [9.17, 15) is 4.79 Å². The van der Waals surface area contributed by atoms with E-state index in [1.54, 1.807) is 0 Å². The first-order valence-corrected chi connectivity index (χ1v) is 14.8. The third kappa shape index (κ3) is 1.59. The van der Waals surface area contributed by atoms with Crippen molar-refractivity contribution in [3.05, 3.63) is 41.0 Å². The molecule has 0 spiro atoms. The highest BCUT2D eigenvalue weighted by Crippen LogP contribution is 2.73. The highest BCUT2D eigenvalue weighted by Gasteiger charge is 2.79. The van der Waals surface area contributed by atoms with Gasteiger partial charge in [0.15, 0.2) is 16.6 Å². The monoisotopic (exact) mass is 357 g/mol. The molecule has 1 amide bonds. The van der Waals surface area contributed by atoms with Gasteiger partial charge in [-0.05, 0) is 62.1 Å². The number of hydrogen-bond acceptors (Lipinski definition) is 2. The number of carbonyl (C=O) groups is 1. The molecule has 0 bridgehead atoms. The Morgan fingerprint density at radius 2 is 1.92 bits per heavy atom. The maximum absolute atomic E-state index is 13.0. The van der Waals surface area contributed by atoms with Crippen molar-refractivity contribution in [1.82, 2.24) is 0 Å². The van der Waals surface area contributed by atoms with E-state index in [4.69, 9.17) is 9.85 Å². The molecule has 2 aliphatic carbocycles. The second-order valence-electron chi connectivity index (χ2n) is 8.64. The third-order valence-electron chi connectivity index (χ3n) is 7.10. The Kier molecular flexibility index (Phi) is 3.20. The number of nitrogens with two attached hydrogens (primary N) is 1. The fourth-order valence-corrected chi connectivity index (χ4v) is 20.4. The van der Waals surface area contributed by atoms with Crippen LogP contribution in [0.5, 0.6) is 0 Å². The molecule has 5 heteroatoms. The molecule has 2 N–H and O–H groups in total. The number of benzene rings is 1. The van der Waals surface area contributed by atoms with Crippen LogP contribution in [0.3, 0.4) is 0 Å². The van der Waals surface area contributed by atoms with E-state index in [0.29, 0.717) is 0 Å². The third-order valence-corrected chi connectivity index (χ3v) is 17.4. The molecule has 0 radical (unpaired) electrons. The molecular formula is C19H27NO2Si2. The van der Waals surface area contributed by atoms with Gasteiger partial charge in [-0.3, -0.25) is 4.79 Å². The number of carbonyl (C=O) groups excluding carboxylic acids is 1. The Morgan fingerprint density at radius 1 is 1.17 bits per heavy atom. The van der Waals surface area contributed by atoms with Gasteiger partial charge in [0, 0.05) is 5.04 Å². The molecule has 3 nitrogen and oxygen atoms in total. The molecule has 2 unspecified atom stereocenters. The largest absolute Gasteiger partial charge is 0.454 e. The van der Waals surface area contributed by atoms with Crippen molar-refractivity contribution in [3.63, 3.8) is 0 Å². The molecule has 24 heavy (non-hydrogen) atoms. The molecule has 0 aromatic heterocycles. The van der Waals surface area contributed by atoms with E-state index in [1.165, 1.54) is 16.7 Å². The number of rotatable bonds is 2. The summed E-state index contributed by atoms with van der Waals surface area (Å²) < 4.78 is 6.84. The quantitative estimate of drug-likeness (QED) is 0.817. The summed E-state index contributed by atoms with van der Waals surface area (Å²) >= 11 is 0. The fourth-order valence-electron chi connectivity index (χ4n) is 6.47. The first kappa shape index (κ1) is 16.3. The molecule has 1 saturated heterocycles. The van der Waals surface area contributed by atoms with Gasteiger partial charge in [-0.25, -0.2) is 0 Å². The molecule has 128 valence electrons. The van der Waals surface area contributed by atoms with Crippen molar-refractivity contribution >= 4 is 28.6 Å². The summed E-state index contributed by atoms with van der Waals surface area (Å²) in [5, 5.41) is -0.650. The predicted octanol–water partition coefficient (Wildman–Crippen LogP) is 3.88. The van der Waals surface area contributed by atoms with Crippen LogP contribution in [0.25, 0.3) is 6.08 Å². The van der Waals surface area contributed by atoms with Crippen molar-refractivity contribution in [2.75, 3.05) is 0 Å². The lowest BCUT2D eigenvalue weighted by Crippen LogP contribution is -2.57. The maximum Gasteiger partial charge on any atom is 0.223 e. The van der Waals surface area contributed by atoms with E-state index in [1.807, 2.05) is 0 Å². The SMILES string of the molecule is C[Si]1(C)O[Si](C)(C)C2(c3cccc4c3C=CC4)CCCC21C(N)=O. The van der Waals surface area contributed by atoms with Crippen LogP contribution in [-0.4, -0.2) is 22.5 Å². The molecule has 3 aliphatic rings. The van der Waals surface area contributed by atoms with E-state index in [0.717, 1.165) is 25.7 Å². The lowest BCUT2D eigenvalue weighted by Gasteiger charge is -2.46. The second kappa shape index (κ2) is 4.71. The molecule has 2 fully saturated rings. The zero-order valence-corrected chi connectivity index (χ0v) is 17.1. The smallest absolute Gasteiger partial charge is 0.223 e. The summed E-state index contributed by atoms with van der Waals surface area (Å²) in [6.45, 7) is 9.07. The number of primary amides is 1. The van der Waals surface area contributed by atoms with Crippen molar-refractivity contribution in [2.45, 2.75) is 61.9 Å². The molecule has 4 rings (SSSR count). The van der Waals surface area contributed by atoms with Crippen LogP contribution in [0.4, 0.5) is 0 Å². The molecule has 1 aliphatic heterocycles. The van der Waals surface area contributed by atoms with Crippen LogP contribution in [-0.2, 0) is 20.4 Å². The summed E-state index contributed by atoms with van der Waals surface area (Å²) in [5.74, 6) is -0.116. The van der Waals surface area contributed by atoms with Gasteiger partial charge < -0.3 is 9.85 Å². The van der Waals surface area contributed by atoms with E-state index < -0.39 is 21.7 Å². The minimum absolute atomic E-state index is 0.116. The van der Waals surface area contributed by atoms with E-state index in [-0.39, 0.29) is 10.9 Å². The molecule has 1 aromatic rings. The number of hydrogen-bond donors (Lipinski definition) is 1. The van der Waals surface area contributed by atoms with Crippen LogP contribution in [0, 0.1) is 0 Å². The molecule has 1 saturated carbocycles. The Balaban J connectivity index is 2.09. The van der Waals surface area contributed by atoms with Gasteiger partial charge in [0.05, 0.1) is 5.04 Å². The number of allylic oxidation sites excluding steroid dienone is 1. The molecule has 2 atom stereocenters. The summed E-state index contributed by atoms with van der Waals surface area (Å²) in [7, 11) is -4.39. The zero-order chi connectivity index (χ0) is 17.4. The Bertz CT molecular complexity index is 771. The summed E-state index contributed by atoms with van der Waals surface area (Å²) in [6.07, 6.45) is 8.49. The summed E-state index contributed by atoms with van der Waals surface area (Å²) in [4.78, 5) is 13.0. The minimum atomic E-state index is -2.24. The van der Waals surface area contributed by atoms with Gasteiger partial charge in [0.1, 0.15) is 0 Å². The topological polar surface area (TPSA) is 52.3 Å². The maximum atomic E-state index is 13.0. The van der Waals surface area contributed by atoms with Crippen LogP contribution in [0.1, 0.15) is 36.0 Å². The average Bonchev–Trinajstić information content (AvgIpc) is 3.13. The summed E-state index contributed by atoms with van der Waals surface area (Å²) in [5.41, 5.74) is 10.2. The normalized spacial score (nSPS) is 35.0. The van der Waals surface area contributed by atoms with Gasteiger partial charge >= 0.3 is 0 Å². The second-order valence-corrected chi connectivity index (χ2v) is 17.2. The van der Waals surface area contributed by atoms with Crippen molar-refractivity contribution in [2.24, 2.45) is 5.73 Å². The van der Waals surface area contributed by atoms with Gasteiger partial charge in [-0.1, -0.05) is 36.8 Å². The van der Waals surface area contributed by atoms with Crippen LogP contribution < -0.4 is 5.73 Å². The van der Waals surface area contributed by atoms with Crippen molar-refractivity contribution in [1.29, 1.82) is 0 Å². The van der Waals surface area contributed by atoms with Crippen molar-refractivity contribution < 1.29 is 8.91 Å². The first-order chi connectivity index (χ1) is 11.2. The fraction of sp³-hybridized carbons (Fsp3) is 0.526. The first-order valence-electron chi connectivity index (χ1n) is 8.99. The molecular weight excluding hydrogens is 330 g/mol. The Labute approximate surface area is 146 Å². The molecule has 1 aromatic carbocycles. The highest BCUT2D eigenvalue weighted by molar-refractivity contribution is 6.96. The zero-order valence-electron chi connectivity index (χ0n) is 15.1. The van der Waals surface area contributed by atoms with Gasteiger partial charge in [-0.15, -0.1) is 0 Å². The van der Waals surface area contributed by atoms with Crippen LogP contribution in [0.2, 0.25) is 31.2 Å². The van der Waals surface area contributed by atoms with E-state index >= 15 is 0 Å². The average molecular weight is 358 g/mol. The van der Waals surface area contributed by atoms with Gasteiger partial charge in [0.2, 0.25) is 5.91 Å². The molecule has 1 heterocycles. The van der Waals surface area contributed by atoms with Crippen molar-refractivity contribution in [3.8, 4) is 0 Å². The minimum Gasteiger partial charge on any atom is -0.454 e. The van der Waals surface area contributed by atoms with Crippen LogP contribution in [0.15, 0.2) is 24.3 Å². The van der Waals surface area contributed by atoms with E-state index in [2.05, 4.69) is 56.5 Å². The Morgan fingerprint density at radius 3 is 2.62 bits per heavy atom. The Hall–Kier alpha value is -1.18. The standard InChI is InChI=1S/C19H27NO2Si2/c1-23(2)18(16-11-6-9-14-8-5-10-15(14)16)12-7-13-19(18,17(20)21)24(3,4)22-23/h5-6,9-11H,7-8,12-13H2,1-4H3,(H2,20,21). The van der Waals surface area contributed by atoms with Gasteiger partial charge in [0.25, 0.3) is 0 Å². The lowest BCUT2D eigenvalue weighted by atomic mass is 9.82. The summed E-state index contributed by atoms with van der Waals surface area (Å²) in [6, 6.07) is 6.63. The number of amides is 1. The highest BCUT2D eigenvalue weighted by atomic mass is 28.4.